The molecule has 1 aromatic rings. The topological polar surface area (TPSA) is 113 Å². The van der Waals surface area contributed by atoms with Crippen molar-refractivity contribution >= 4 is 11.9 Å². The summed E-state index contributed by atoms with van der Waals surface area (Å²) in [6.07, 6.45) is 5.07. The van der Waals surface area contributed by atoms with Gasteiger partial charge < -0.3 is 24.8 Å². The van der Waals surface area contributed by atoms with Gasteiger partial charge in [-0.05, 0) is 86.3 Å². The number of esters is 1. The van der Waals surface area contributed by atoms with Gasteiger partial charge >= 0.3 is 11.9 Å². The van der Waals surface area contributed by atoms with Crippen LogP contribution in [0.3, 0.4) is 0 Å². The maximum absolute atomic E-state index is 12.2. The zero-order chi connectivity index (χ0) is 22.9. The molecule has 0 radical (unpaired) electrons. The van der Waals surface area contributed by atoms with Gasteiger partial charge in [0.2, 0.25) is 0 Å². The van der Waals surface area contributed by atoms with Crippen molar-refractivity contribution in [3.8, 4) is 5.75 Å². The molecule has 1 aromatic carbocycles. The molecule has 0 amide bonds. The van der Waals surface area contributed by atoms with Gasteiger partial charge in [-0.1, -0.05) is 19.1 Å². The van der Waals surface area contributed by atoms with Crippen molar-refractivity contribution in [1.29, 1.82) is 0 Å². The van der Waals surface area contributed by atoms with E-state index in [1.54, 1.807) is 0 Å². The van der Waals surface area contributed by atoms with E-state index in [1.165, 1.54) is 5.56 Å². The van der Waals surface area contributed by atoms with E-state index in [0.717, 1.165) is 44.1 Å². The van der Waals surface area contributed by atoms with Gasteiger partial charge in [0.05, 0.1) is 18.6 Å². The first kappa shape index (κ1) is 23.1. The monoisotopic (exact) mass is 446 g/mol. The molecule has 2 saturated carbocycles. The Morgan fingerprint density at radius 3 is 2.72 bits per heavy atom. The second-order valence-corrected chi connectivity index (χ2v) is 9.85. The number of aliphatic hydroxyl groups is 2. The second kappa shape index (κ2) is 9.40. The third kappa shape index (κ3) is 5.09. The van der Waals surface area contributed by atoms with Crippen molar-refractivity contribution in [2.75, 3.05) is 6.61 Å². The molecule has 176 valence electrons. The van der Waals surface area contributed by atoms with Gasteiger partial charge in [-0.3, -0.25) is 4.79 Å². The van der Waals surface area contributed by atoms with Gasteiger partial charge in [0.25, 0.3) is 0 Å². The Balaban J connectivity index is 1.38. The fourth-order valence-corrected chi connectivity index (χ4v) is 5.67. The van der Waals surface area contributed by atoms with Gasteiger partial charge in [0.1, 0.15) is 11.4 Å². The number of fused-ring (bicyclic) bond motifs is 2. The Kier molecular flexibility index (Phi) is 6.77. The highest BCUT2D eigenvalue weighted by atomic mass is 16.6. The summed E-state index contributed by atoms with van der Waals surface area (Å²) in [7, 11) is 0. The van der Waals surface area contributed by atoms with Crippen molar-refractivity contribution in [2.45, 2.75) is 82.5 Å². The molecule has 32 heavy (non-hydrogen) atoms. The molecule has 0 bridgehead atoms. The lowest BCUT2D eigenvalue weighted by Crippen LogP contribution is -2.29. The number of aliphatic hydroxyl groups excluding tert-OH is 2. The van der Waals surface area contributed by atoms with Crippen molar-refractivity contribution in [1.82, 2.24) is 0 Å². The zero-order valence-electron chi connectivity index (χ0n) is 18.7. The first-order chi connectivity index (χ1) is 15.3. The first-order valence-electron chi connectivity index (χ1n) is 11.8. The average molecular weight is 447 g/mol. The smallest absolute Gasteiger partial charge is 0.344 e. The predicted octanol–water partition coefficient (Wildman–Crippen LogP) is 2.88. The number of aliphatic carboxylic acids is 1. The van der Waals surface area contributed by atoms with Crippen LogP contribution in [0.5, 0.6) is 5.75 Å². The highest BCUT2D eigenvalue weighted by Crippen LogP contribution is 2.48. The number of hydrogen-bond donors (Lipinski definition) is 3. The first-order valence-corrected chi connectivity index (χ1v) is 11.8. The molecule has 7 nitrogen and oxygen atoms in total. The van der Waals surface area contributed by atoms with E-state index in [0.29, 0.717) is 30.4 Å². The van der Waals surface area contributed by atoms with Crippen LogP contribution in [0.2, 0.25) is 0 Å². The van der Waals surface area contributed by atoms with E-state index >= 15 is 0 Å². The number of rotatable bonds is 10. The van der Waals surface area contributed by atoms with Crippen molar-refractivity contribution < 1.29 is 34.4 Å². The van der Waals surface area contributed by atoms with Crippen LogP contribution >= 0.6 is 0 Å². The molecule has 3 aliphatic rings. The highest BCUT2D eigenvalue weighted by molar-refractivity contribution is 5.74. The fourth-order valence-electron chi connectivity index (χ4n) is 5.67. The summed E-state index contributed by atoms with van der Waals surface area (Å²) in [5.74, 6) is 0.124. The Hall–Kier alpha value is -2.12. The molecule has 5 atom stereocenters. The van der Waals surface area contributed by atoms with Crippen molar-refractivity contribution in [3.63, 3.8) is 0 Å². The maximum Gasteiger partial charge on any atom is 0.344 e. The normalized spacial score (nSPS) is 28.3. The van der Waals surface area contributed by atoms with Gasteiger partial charge in [0, 0.05) is 0 Å². The molecule has 3 N–H and O–H groups in total. The maximum atomic E-state index is 12.2. The summed E-state index contributed by atoms with van der Waals surface area (Å²) in [6.45, 7) is 1.73. The largest absolute Gasteiger partial charge is 0.482 e. The van der Waals surface area contributed by atoms with Gasteiger partial charge in [-0.2, -0.15) is 0 Å². The van der Waals surface area contributed by atoms with Crippen LogP contribution in [0.4, 0.5) is 0 Å². The molecule has 3 aliphatic carbocycles. The molecule has 4 rings (SSSR count). The summed E-state index contributed by atoms with van der Waals surface area (Å²) in [5.41, 5.74) is 1.43. The van der Waals surface area contributed by atoms with Gasteiger partial charge in [-0.25, -0.2) is 4.79 Å². The molecule has 0 spiro atoms. The minimum absolute atomic E-state index is 0.165. The quantitative estimate of drug-likeness (QED) is 0.474. The molecular weight excluding hydrogens is 412 g/mol. The minimum Gasteiger partial charge on any atom is -0.482 e. The Bertz CT molecular complexity index is 847. The van der Waals surface area contributed by atoms with E-state index in [2.05, 4.69) is 6.07 Å². The molecule has 7 heteroatoms. The molecular formula is C25H34O7. The second-order valence-electron chi connectivity index (χ2n) is 9.85. The number of hydrogen-bond acceptors (Lipinski definition) is 6. The van der Waals surface area contributed by atoms with E-state index in [1.807, 2.05) is 19.1 Å². The van der Waals surface area contributed by atoms with Crippen molar-refractivity contribution in [3.05, 3.63) is 29.3 Å². The average Bonchev–Trinajstić information content (AvgIpc) is 3.41. The van der Waals surface area contributed by atoms with Crippen LogP contribution in [0.25, 0.3) is 0 Å². The van der Waals surface area contributed by atoms with Crippen LogP contribution in [0.15, 0.2) is 18.2 Å². The molecule has 0 aromatic heterocycles. The fraction of sp³-hybridized carbons (Fsp3) is 0.680. The lowest BCUT2D eigenvalue weighted by molar-refractivity contribution is -0.157. The van der Waals surface area contributed by atoms with E-state index in [4.69, 9.17) is 14.6 Å². The van der Waals surface area contributed by atoms with Gasteiger partial charge in [-0.15, -0.1) is 0 Å². The summed E-state index contributed by atoms with van der Waals surface area (Å²) in [6, 6.07) is 5.87. The third-order valence-electron chi connectivity index (χ3n) is 7.61. The lowest BCUT2D eigenvalue weighted by Gasteiger charge is -2.32. The summed E-state index contributed by atoms with van der Waals surface area (Å²) >= 11 is 0. The molecule has 0 heterocycles. The standard InChI is InChI=1S/C25H34O7/c1-2-17(26)6-7-18-19-10-15-4-3-5-22(20(15)11-16(19)12-21(18)27)31-14-24(30)32-25(8-9-25)13-23(28)29/h3-5,16-19,21,26-27H,2,6-14H2,1H3,(H,28,29)/t16-,17-,18+,19-,21+/m0/s1. The van der Waals surface area contributed by atoms with E-state index < -0.39 is 17.5 Å². The van der Waals surface area contributed by atoms with E-state index in [-0.39, 0.29) is 31.2 Å². The number of ether oxygens (including phenoxy) is 2. The zero-order valence-corrected chi connectivity index (χ0v) is 18.7. The number of benzene rings is 1. The van der Waals surface area contributed by atoms with Crippen LogP contribution in [-0.2, 0) is 27.2 Å². The van der Waals surface area contributed by atoms with Crippen LogP contribution in [-0.4, -0.2) is 51.7 Å². The summed E-state index contributed by atoms with van der Waals surface area (Å²) in [4.78, 5) is 23.2. The molecule has 0 unspecified atom stereocenters. The van der Waals surface area contributed by atoms with Crippen LogP contribution < -0.4 is 4.74 Å². The van der Waals surface area contributed by atoms with Gasteiger partial charge in [0.15, 0.2) is 6.61 Å². The SMILES string of the molecule is CC[C@H](O)CC[C@@H]1[C@H]2Cc3cccc(OCC(=O)OC4(CC(=O)O)CC4)c3C[C@H]2C[C@H]1O. The molecule has 2 fully saturated rings. The van der Waals surface area contributed by atoms with Crippen molar-refractivity contribution in [2.24, 2.45) is 17.8 Å². The Morgan fingerprint density at radius 2 is 2.03 bits per heavy atom. The Labute approximate surface area is 188 Å². The molecule has 0 aliphatic heterocycles. The number of carboxylic acid groups (broad SMARTS) is 1. The lowest BCUT2D eigenvalue weighted by atomic mass is 9.73. The summed E-state index contributed by atoms with van der Waals surface area (Å²) < 4.78 is 11.2. The minimum atomic E-state index is -0.968. The number of carbonyl (C=O) groups is 2. The number of carbonyl (C=O) groups excluding carboxylic acids is 1. The third-order valence-corrected chi connectivity index (χ3v) is 7.61. The summed E-state index contributed by atoms with van der Waals surface area (Å²) in [5, 5.41) is 29.6. The Morgan fingerprint density at radius 1 is 1.25 bits per heavy atom. The van der Waals surface area contributed by atoms with E-state index in [9.17, 15) is 19.8 Å². The molecule has 0 saturated heterocycles. The predicted molar refractivity (Wildman–Crippen MR) is 116 cm³/mol. The van der Waals surface area contributed by atoms with Crippen LogP contribution in [0, 0.1) is 17.8 Å². The number of carboxylic acids is 1. The van der Waals surface area contributed by atoms with Crippen LogP contribution in [0.1, 0.15) is 63.0 Å². The highest BCUT2D eigenvalue weighted by Gasteiger charge is 2.49.